The molecular formula is C32H36N6O. The van der Waals surface area contributed by atoms with Gasteiger partial charge in [-0.3, -0.25) is 4.90 Å². The minimum Gasteiger partial charge on any atom is -0.382 e. The van der Waals surface area contributed by atoms with Gasteiger partial charge in [0.1, 0.15) is 17.7 Å². The summed E-state index contributed by atoms with van der Waals surface area (Å²) in [6.45, 7) is 5.11. The quantitative estimate of drug-likeness (QED) is 0.504. The molecule has 7 nitrogen and oxygen atoms in total. The number of amidine groups is 1. The van der Waals surface area contributed by atoms with Gasteiger partial charge in [0.05, 0.1) is 30.1 Å². The molecule has 3 N–H and O–H groups in total. The van der Waals surface area contributed by atoms with E-state index in [-0.39, 0.29) is 6.17 Å². The molecule has 7 heteroatoms. The first kappa shape index (κ1) is 24.4. The molecule has 7 rings (SSSR count). The van der Waals surface area contributed by atoms with Gasteiger partial charge in [-0.05, 0) is 49.7 Å². The Bertz CT molecular complexity index is 1430. The molecule has 3 aliphatic heterocycles. The number of morpholine rings is 1. The number of benzene rings is 2. The van der Waals surface area contributed by atoms with Crippen LogP contribution in [0.2, 0.25) is 0 Å². The topological polar surface area (TPSA) is 79.0 Å². The van der Waals surface area contributed by atoms with Crippen LogP contribution in [0.25, 0.3) is 27.9 Å². The zero-order valence-electron chi connectivity index (χ0n) is 22.3. The maximum Gasteiger partial charge on any atom is 0.149 e. The third kappa shape index (κ3) is 4.81. The third-order valence-electron chi connectivity index (χ3n) is 8.78. The average Bonchev–Trinajstić information content (AvgIpc) is 3.39. The summed E-state index contributed by atoms with van der Waals surface area (Å²) in [5.74, 6) is 1.90. The Morgan fingerprint density at radius 3 is 2.54 bits per heavy atom. The van der Waals surface area contributed by atoms with Gasteiger partial charge in [0.2, 0.25) is 0 Å². The van der Waals surface area contributed by atoms with Gasteiger partial charge in [-0.2, -0.15) is 0 Å². The van der Waals surface area contributed by atoms with Crippen molar-refractivity contribution in [2.45, 2.75) is 31.8 Å². The molecule has 1 saturated carbocycles. The summed E-state index contributed by atoms with van der Waals surface area (Å²) < 4.78 is 5.54. The highest BCUT2D eigenvalue weighted by atomic mass is 16.5. The normalized spacial score (nSPS) is 25.5. The van der Waals surface area contributed by atoms with Gasteiger partial charge in [-0.25, -0.2) is 9.98 Å². The summed E-state index contributed by atoms with van der Waals surface area (Å²) in [4.78, 5) is 14.4. The van der Waals surface area contributed by atoms with Crippen LogP contribution in [0.5, 0.6) is 0 Å². The number of nitrogens with one attached hydrogen (secondary N) is 1. The van der Waals surface area contributed by atoms with Gasteiger partial charge in [0, 0.05) is 48.5 Å². The molecule has 1 atom stereocenters. The Kier molecular flexibility index (Phi) is 6.54. The fraction of sp³-hybridized carbons (Fsp3) is 0.375. The van der Waals surface area contributed by atoms with Crippen LogP contribution in [-0.4, -0.2) is 59.6 Å². The van der Waals surface area contributed by atoms with Gasteiger partial charge in [0.25, 0.3) is 0 Å². The molecular weight excluding hydrogens is 484 g/mol. The van der Waals surface area contributed by atoms with Gasteiger partial charge < -0.3 is 20.7 Å². The van der Waals surface area contributed by atoms with E-state index in [0.29, 0.717) is 11.8 Å². The van der Waals surface area contributed by atoms with E-state index in [0.717, 1.165) is 71.3 Å². The molecule has 0 spiro atoms. The van der Waals surface area contributed by atoms with Crippen LogP contribution in [0, 0.1) is 11.8 Å². The average molecular weight is 521 g/mol. The lowest BCUT2D eigenvalue weighted by Gasteiger charge is -2.39. The van der Waals surface area contributed by atoms with Crippen LogP contribution in [0.3, 0.4) is 0 Å². The Morgan fingerprint density at radius 1 is 0.923 bits per heavy atom. The van der Waals surface area contributed by atoms with Crippen LogP contribution in [0.4, 0.5) is 0 Å². The first-order valence-electron chi connectivity index (χ1n) is 14.3. The number of hydrogen-bond acceptors (Lipinski definition) is 7. The number of aliphatic imine (C=N–C) groups is 1. The Balaban J connectivity index is 1.13. The van der Waals surface area contributed by atoms with Crippen LogP contribution in [0.1, 0.15) is 31.2 Å². The van der Waals surface area contributed by atoms with Gasteiger partial charge >= 0.3 is 0 Å². The number of ether oxygens (including phenoxy) is 1. The van der Waals surface area contributed by atoms with Gasteiger partial charge in [-0.1, -0.05) is 48.5 Å². The molecule has 1 unspecified atom stereocenters. The largest absolute Gasteiger partial charge is 0.382 e. The lowest BCUT2D eigenvalue weighted by Crippen LogP contribution is -2.45. The number of rotatable bonds is 5. The van der Waals surface area contributed by atoms with Crippen molar-refractivity contribution in [1.29, 1.82) is 0 Å². The predicted molar refractivity (Wildman–Crippen MR) is 156 cm³/mol. The summed E-state index contributed by atoms with van der Waals surface area (Å²) >= 11 is 0. The summed E-state index contributed by atoms with van der Waals surface area (Å²) in [5, 5.41) is 5.02. The molecule has 1 aromatic heterocycles. The second-order valence-corrected chi connectivity index (χ2v) is 11.2. The van der Waals surface area contributed by atoms with E-state index in [1.54, 1.807) is 0 Å². The zero-order chi connectivity index (χ0) is 26.2. The molecule has 1 saturated heterocycles. The maximum atomic E-state index is 6.51. The monoisotopic (exact) mass is 520 g/mol. The van der Waals surface area contributed by atoms with Gasteiger partial charge in [0.15, 0.2) is 0 Å². The van der Waals surface area contributed by atoms with Crippen molar-refractivity contribution in [3.05, 3.63) is 84.3 Å². The number of pyridine rings is 1. The number of fused-ring (bicyclic) bond motifs is 2. The fourth-order valence-corrected chi connectivity index (χ4v) is 6.67. The smallest absolute Gasteiger partial charge is 0.149 e. The molecule has 4 heterocycles. The van der Waals surface area contributed by atoms with E-state index < -0.39 is 0 Å². The first-order chi connectivity index (χ1) is 19.2. The van der Waals surface area contributed by atoms with E-state index in [9.17, 15) is 0 Å². The van der Waals surface area contributed by atoms with Crippen LogP contribution < -0.4 is 11.1 Å². The minimum atomic E-state index is 0.184. The maximum absolute atomic E-state index is 6.51. The van der Waals surface area contributed by atoms with Crippen LogP contribution in [-0.2, 0) is 4.74 Å². The second-order valence-electron chi connectivity index (χ2n) is 11.2. The van der Waals surface area contributed by atoms with E-state index in [4.69, 9.17) is 15.5 Å². The molecule has 3 aromatic rings. The van der Waals surface area contributed by atoms with Crippen molar-refractivity contribution in [2.75, 3.05) is 32.8 Å². The standard InChI is InChI=1S/C32H36N6O/c33-31-30-29(26-11-10-24-12-13-27(35-28(24)20-26)23-4-2-1-3-5-23)36-32(38(30)15-14-34-31)25-8-6-22(7-9-25)21-37-16-18-39-19-17-37/h1-5,10-15,20,22,25,32,36H,6-9,16-19,21H2,(H2,33,34). The molecule has 0 radical (unpaired) electrons. The molecule has 2 fully saturated rings. The van der Waals surface area contributed by atoms with Crippen molar-refractivity contribution in [3.8, 4) is 11.3 Å². The van der Waals surface area contributed by atoms with Crippen LogP contribution in [0.15, 0.2) is 83.8 Å². The zero-order valence-corrected chi connectivity index (χ0v) is 22.3. The highest BCUT2D eigenvalue weighted by molar-refractivity contribution is 6.05. The van der Waals surface area contributed by atoms with Crippen LogP contribution >= 0.6 is 0 Å². The Morgan fingerprint density at radius 2 is 1.72 bits per heavy atom. The van der Waals surface area contributed by atoms with E-state index in [1.807, 2.05) is 12.3 Å². The van der Waals surface area contributed by atoms with E-state index in [1.165, 1.54) is 32.2 Å². The molecule has 0 amide bonds. The minimum absolute atomic E-state index is 0.184. The van der Waals surface area contributed by atoms with Gasteiger partial charge in [-0.15, -0.1) is 0 Å². The molecule has 200 valence electrons. The number of nitrogens with zero attached hydrogens (tertiary/aromatic N) is 4. The number of nitrogens with two attached hydrogens (primary N) is 1. The predicted octanol–water partition coefficient (Wildman–Crippen LogP) is 4.78. The fourth-order valence-electron chi connectivity index (χ4n) is 6.67. The number of aromatic nitrogens is 1. The highest BCUT2D eigenvalue weighted by Crippen LogP contribution is 2.39. The summed E-state index contributed by atoms with van der Waals surface area (Å²) in [6.07, 6.45) is 9.08. The molecule has 0 bridgehead atoms. The van der Waals surface area contributed by atoms with Crippen molar-refractivity contribution < 1.29 is 4.74 Å². The Hall–Kier alpha value is -3.68. The van der Waals surface area contributed by atoms with E-state index in [2.05, 4.69) is 80.9 Å². The second kappa shape index (κ2) is 10.5. The summed E-state index contributed by atoms with van der Waals surface area (Å²) in [6, 6.07) is 21.1. The first-order valence-corrected chi connectivity index (χ1v) is 14.3. The lowest BCUT2D eigenvalue weighted by molar-refractivity contribution is 0.0249. The molecule has 1 aliphatic carbocycles. The molecule has 4 aliphatic rings. The van der Waals surface area contributed by atoms with Crippen molar-refractivity contribution in [2.24, 2.45) is 22.6 Å². The summed E-state index contributed by atoms with van der Waals surface area (Å²) in [5.41, 5.74) is 12.7. The SMILES string of the molecule is NC1=NC=CN2C1=C(c1ccc3ccc(-c4ccccc4)nc3c1)NC2C1CCC(CN2CCOCC2)CC1. The van der Waals surface area contributed by atoms with Crippen molar-refractivity contribution in [1.82, 2.24) is 20.1 Å². The highest BCUT2D eigenvalue weighted by Gasteiger charge is 2.40. The lowest BCUT2D eigenvalue weighted by atomic mass is 9.80. The number of hydrogen-bond donors (Lipinski definition) is 2. The van der Waals surface area contributed by atoms with Crippen molar-refractivity contribution in [3.63, 3.8) is 0 Å². The summed E-state index contributed by atoms with van der Waals surface area (Å²) in [7, 11) is 0. The third-order valence-corrected chi connectivity index (χ3v) is 8.78. The molecule has 2 aromatic carbocycles. The van der Waals surface area contributed by atoms with E-state index >= 15 is 0 Å². The molecule has 39 heavy (non-hydrogen) atoms. The van der Waals surface area contributed by atoms with Crippen molar-refractivity contribution >= 4 is 22.4 Å². The Labute approximate surface area is 230 Å².